The Morgan fingerprint density at radius 2 is 1.72 bits per heavy atom. The molecule has 4 rings (SSSR count). The number of aliphatic hydroxyl groups excluding tert-OH is 1. The van der Waals surface area contributed by atoms with Gasteiger partial charge in [0.15, 0.2) is 11.5 Å². The Labute approximate surface area is 170 Å². The summed E-state index contributed by atoms with van der Waals surface area (Å²) in [6.45, 7) is 3.22. The van der Waals surface area contributed by atoms with Gasteiger partial charge in [-0.25, -0.2) is 4.98 Å². The van der Waals surface area contributed by atoms with Gasteiger partial charge in [0.25, 0.3) is 0 Å². The van der Waals surface area contributed by atoms with Crippen molar-refractivity contribution in [2.75, 3.05) is 7.11 Å². The Bertz CT molecular complexity index is 1110. The number of methoxy groups -OCH3 is 1. The number of para-hydroxylation sites is 2. The second-order valence-electron chi connectivity index (χ2n) is 6.79. The number of nitrogens with zero attached hydrogens (tertiary/aromatic N) is 2. The fourth-order valence-electron chi connectivity index (χ4n) is 3.49. The molecule has 1 N–H and O–H groups in total. The first-order chi connectivity index (χ1) is 14.2. The van der Waals surface area contributed by atoms with Crippen molar-refractivity contribution >= 4 is 11.0 Å². The molecule has 0 aliphatic rings. The van der Waals surface area contributed by atoms with Gasteiger partial charge in [0.05, 0.1) is 18.1 Å². The van der Waals surface area contributed by atoms with Crippen LogP contribution in [0, 0.1) is 0 Å². The van der Waals surface area contributed by atoms with Crippen LogP contribution < -0.4 is 9.47 Å². The van der Waals surface area contributed by atoms with Crippen molar-refractivity contribution in [2.24, 2.45) is 0 Å². The van der Waals surface area contributed by atoms with Crippen molar-refractivity contribution in [2.45, 2.75) is 26.2 Å². The third-order valence-corrected chi connectivity index (χ3v) is 4.99. The van der Waals surface area contributed by atoms with Gasteiger partial charge in [-0.2, -0.15) is 0 Å². The zero-order valence-electron chi connectivity index (χ0n) is 16.6. The van der Waals surface area contributed by atoms with Crippen LogP contribution in [0.2, 0.25) is 0 Å². The van der Waals surface area contributed by atoms with Crippen molar-refractivity contribution in [3.63, 3.8) is 0 Å². The van der Waals surface area contributed by atoms with Gasteiger partial charge < -0.3 is 19.1 Å². The fraction of sp³-hybridized carbons (Fsp3) is 0.208. The summed E-state index contributed by atoms with van der Waals surface area (Å²) in [5.74, 6) is 1.83. The zero-order valence-corrected chi connectivity index (χ0v) is 16.6. The Kier molecular flexibility index (Phi) is 5.49. The van der Waals surface area contributed by atoms with Crippen LogP contribution in [0.3, 0.4) is 0 Å². The van der Waals surface area contributed by atoms with Crippen LogP contribution in [0.15, 0.2) is 72.8 Å². The number of aliphatic hydroxyl groups is 1. The van der Waals surface area contributed by atoms with Crippen LogP contribution in [-0.2, 0) is 13.2 Å². The van der Waals surface area contributed by atoms with Gasteiger partial charge in [0.1, 0.15) is 18.5 Å². The number of imidazole rings is 1. The maximum atomic E-state index is 11.0. The minimum absolute atomic E-state index is 0.449. The average molecular weight is 388 g/mol. The lowest BCUT2D eigenvalue weighted by Gasteiger charge is -2.16. The molecule has 0 saturated carbocycles. The third kappa shape index (κ3) is 3.82. The standard InChI is InChI=1S/C24H24N2O3/c1-3-26-20-12-8-7-11-19(20)25-24(26)23(27)18-13-14-21(22(15-18)28-2)29-16-17-9-5-4-6-10-17/h4-15,23,27H,3,16H2,1-2H3. The largest absolute Gasteiger partial charge is 0.493 e. The van der Waals surface area contributed by atoms with E-state index >= 15 is 0 Å². The molecule has 0 aliphatic carbocycles. The molecular weight excluding hydrogens is 364 g/mol. The van der Waals surface area contributed by atoms with Crippen molar-refractivity contribution in [3.8, 4) is 11.5 Å². The molecule has 1 heterocycles. The molecule has 5 heteroatoms. The Hall–Kier alpha value is -3.31. The predicted molar refractivity (Wildman–Crippen MR) is 113 cm³/mol. The lowest BCUT2D eigenvalue weighted by atomic mass is 10.1. The van der Waals surface area contributed by atoms with E-state index in [1.807, 2.05) is 84.3 Å². The summed E-state index contributed by atoms with van der Waals surface area (Å²) < 4.78 is 13.5. The molecule has 3 aromatic carbocycles. The monoisotopic (exact) mass is 388 g/mol. The van der Waals surface area contributed by atoms with E-state index in [2.05, 4.69) is 4.98 Å². The number of aromatic nitrogens is 2. The van der Waals surface area contributed by atoms with E-state index in [0.29, 0.717) is 29.5 Å². The van der Waals surface area contributed by atoms with E-state index in [4.69, 9.17) is 9.47 Å². The average Bonchev–Trinajstić information content (AvgIpc) is 3.16. The Balaban J connectivity index is 1.62. The molecule has 0 radical (unpaired) electrons. The molecule has 0 fully saturated rings. The summed E-state index contributed by atoms with van der Waals surface area (Å²) in [5.41, 5.74) is 3.67. The second kappa shape index (κ2) is 8.37. The molecule has 0 bridgehead atoms. The fourth-order valence-corrected chi connectivity index (χ4v) is 3.49. The number of ether oxygens (including phenoxy) is 2. The van der Waals surface area contributed by atoms with E-state index < -0.39 is 6.10 Å². The smallest absolute Gasteiger partial charge is 0.161 e. The number of hydrogen-bond acceptors (Lipinski definition) is 4. The predicted octanol–water partition coefficient (Wildman–Crippen LogP) is 4.73. The highest BCUT2D eigenvalue weighted by Crippen LogP contribution is 2.33. The quantitative estimate of drug-likeness (QED) is 0.497. The number of benzene rings is 3. The van der Waals surface area contributed by atoms with E-state index in [-0.39, 0.29) is 0 Å². The Morgan fingerprint density at radius 3 is 2.48 bits per heavy atom. The highest BCUT2D eigenvalue weighted by atomic mass is 16.5. The van der Waals surface area contributed by atoms with Crippen LogP contribution in [-0.4, -0.2) is 21.8 Å². The topological polar surface area (TPSA) is 56.5 Å². The molecular formula is C24H24N2O3. The van der Waals surface area contributed by atoms with Gasteiger partial charge in [-0.15, -0.1) is 0 Å². The summed E-state index contributed by atoms with van der Waals surface area (Å²) in [4.78, 5) is 4.65. The van der Waals surface area contributed by atoms with Gasteiger partial charge in [-0.05, 0) is 42.3 Å². The minimum atomic E-state index is -0.862. The number of hydrogen-bond donors (Lipinski definition) is 1. The lowest BCUT2D eigenvalue weighted by molar-refractivity contribution is 0.204. The first-order valence-corrected chi connectivity index (χ1v) is 9.69. The lowest BCUT2D eigenvalue weighted by Crippen LogP contribution is -2.09. The van der Waals surface area contributed by atoms with E-state index in [1.165, 1.54) is 0 Å². The molecule has 0 aliphatic heterocycles. The number of rotatable bonds is 7. The molecule has 4 aromatic rings. The summed E-state index contributed by atoms with van der Waals surface area (Å²) in [7, 11) is 1.60. The minimum Gasteiger partial charge on any atom is -0.493 e. The number of fused-ring (bicyclic) bond motifs is 1. The van der Waals surface area contributed by atoms with E-state index in [9.17, 15) is 5.11 Å². The van der Waals surface area contributed by atoms with Crippen molar-refractivity contribution in [1.82, 2.24) is 9.55 Å². The Morgan fingerprint density at radius 1 is 0.966 bits per heavy atom. The molecule has 29 heavy (non-hydrogen) atoms. The number of aryl methyl sites for hydroxylation is 1. The van der Waals surface area contributed by atoms with Crippen LogP contribution in [0.4, 0.5) is 0 Å². The maximum absolute atomic E-state index is 11.0. The summed E-state index contributed by atoms with van der Waals surface area (Å²) in [6.07, 6.45) is -0.862. The maximum Gasteiger partial charge on any atom is 0.161 e. The third-order valence-electron chi connectivity index (χ3n) is 4.99. The van der Waals surface area contributed by atoms with Crippen molar-refractivity contribution in [1.29, 1.82) is 0 Å². The van der Waals surface area contributed by atoms with Gasteiger partial charge in [-0.1, -0.05) is 48.5 Å². The molecule has 1 unspecified atom stereocenters. The van der Waals surface area contributed by atoms with E-state index in [1.54, 1.807) is 7.11 Å². The molecule has 148 valence electrons. The zero-order chi connectivity index (χ0) is 20.2. The normalized spacial score (nSPS) is 12.1. The molecule has 0 spiro atoms. The summed E-state index contributed by atoms with van der Waals surface area (Å²) in [6, 6.07) is 23.4. The van der Waals surface area contributed by atoms with Gasteiger partial charge >= 0.3 is 0 Å². The van der Waals surface area contributed by atoms with Crippen LogP contribution in [0.5, 0.6) is 11.5 Å². The van der Waals surface area contributed by atoms with Crippen molar-refractivity contribution < 1.29 is 14.6 Å². The highest BCUT2D eigenvalue weighted by molar-refractivity contribution is 5.76. The molecule has 1 aromatic heterocycles. The van der Waals surface area contributed by atoms with Crippen LogP contribution >= 0.6 is 0 Å². The SMILES string of the molecule is CCn1c(C(O)c2ccc(OCc3ccccc3)c(OC)c2)nc2ccccc21. The van der Waals surface area contributed by atoms with E-state index in [0.717, 1.165) is 23.1 Å². The highest BCUT2D eigenvalue weighted by Gasteiger charge is 2.20. The molecule has 5 nitrogen and oxygen atoms in total. The van der Waals surface area contributed by atoms with Crippen LogP contribution in [0.25, 0.3) is 11.0 Å². The van der Waals surface area contributed by atoms with Gasteiger partial charge in [0.2, 0.25) is 0 Å². The first-order valence-electron chi connectivity index (χ1n) is 9.69. The van der Waals surface area contributed by atoms with Gasteiger partial charge in [-0.3, -0.25) is 0 Å². The van der Waals surface area contributed by atoms with Crippen molar-refractivity contribution in [3.05, 3.63) is 89.7 Å². The molecule has 0 saturated heterocycles. The first kappa shape index (κ1) is 19.0. The molecule has 0 amide bonds. The summed E-state index contributed by atoms with van der Waals surface area (Å²) in [5, 5.41) is 11.0. The molecule has 1 atom stereocenters. The second-order valence-corrected chi connectivity index (χ2v) is 6.79. The van der Waals surface area contributed by atoms with Gasteiger partial charge in [0, 0.05) is 6.54 Å². The summed E-state index contributed by atoms with van der Waals surface area (Å²) >= 11 is 0. The van der Waals surface area contributed by atoms with Crippen LogP contribution in [0.1, 0.15) is 30.0 Å².